The number of halogens is 4. The number of pyridine rings is 1. The Morgan fingerprint density at radius 3 is 1.35 bits per heavy atom. The van der Waals surface area contributed by atoms with E-state index in [-0.39, 0.29) is 0 Å². The number of benzene rings is 5. The first-order chi connectivity index (χ1) is 20.7. The molecule has 0 atom stereocenters. The van der Waals surface area contributed by atoms with E-state index < -0.39 is 7.25 Å². The van der Waals surface area contributed by atoms with Crippen molar-refractivity contribution in [3.8, 4) is 50.5 Å². The standard InChI is InChI=1S/C37H30N.BF4/c1-27-33(29-16-7-3-8-17-29)24-15-25-35(27)38-36(31-20-11-5-12-21-31)26-34(30-18-9-4-10-19-30)28(2)37(38)32-22-13-6-14-23-32;2-1(3,4)5/h3-26H,1-2H3;/q+1;-1. The summed E-state index contributed by atoms with van der Waals surface area (Å²) in [4.78, 5) is 0. The zero-order valence-electron chi connectivity index (χ0n) is 23.9. The third kappa shape index (κ3) is 6.92. The molecule has 0 saturated heterocycles. The fraction of sp³-hybridized carbons (Fsp3) is 0.0541. The largest absolute Gasteiger partial charge is 0.673 e. The van der Waals surface area contributed by atoms with Crippen LogP contribution in [-0.2, 0) is 0 Å². The van der Waals surface area contributed by atoms with E-state index in [0.29, 0.717) is 0 Å². The average molecular weight is 575 g/mol. The van der Waals surface area contributed by atoms with Crippen molar-refractivity contribution in [3.05, 3.63) is 157 Å². The van der Waals surface area contributed by atoms with E-state index in [9.17, 15) is 17.3 Å². The molecule has 6 rings (SSSR count). The van der Waals surface area contributed by atoms with Gasteiger partial charge in [0.1, 0.15) is 0 Å². The summed E-state index contributed by atoms with van der Waals surface area (Å²) in [6.07, 6.45) is 0. The second kappa shape index (κ2) is 12.9. The van der Waals surface area contributed by atoms with Crippen molar-refractivity contribution in [1.82, 2.24) is 0 Å². The van der Waals surface area contributed by atoms with Crippen LogP contribution in [0.15, 0.2) is 146 Å². The maximum absolute atomic E-state index is 9.75. The summed E-state index contributed by atoms with van der Waals surface area (Å²) >= 11 is 0. The van der Waals surface area contributed by atoms with Gasteiger partial charge < -0.3 is 17.3 Å². The molecule has 0 saturated carbocycles. The molecule has 1 heterocycles. The van der Waals surface area contributed by atoms with E-state index in [1.807, 2.05) is 0 Å². The molecule has 1 aromatic heterocycles. The average Bonchev–Trinajstić information content (AvgIpc) is 3.02. The van der Waals surface area contributed by atoms with Crippen molar-refractivity contribution >= 4 is 7.25 Å². The molecular formula is C37H30BF4N. The Morgan fingerprint density at radius 1 is 0.442 bits per heavy atom. The van der Waals surface area contributed by atoms with Gasteiger partial charge in [-0.15, -0.1) is 0 Å². The molecule has 5 aromatic carbocycles. The van der Waals surface area contributed by atoms with E-state index in [0.717, 1.165) is 0 Å². The molecule has 0 fully saturated rings. The summed E-state index contributed by atoms with van der Waals surface area (Å²) in [5.74, 6) is 0. The van der Waals surface area contributed by atoms with Crippen LogP contribution in [0.2, 0.25) is 0 Å². The highest BCUT2D eigenvalue weighted by atomic mass is 19.5. The Balaban J connectivity index is 0.000000682. The minimum atomic E-state index is -6.00. The van der Waals surface area contributed by atoms with E-state index in [1.165, 1.54) is 61.6 Å². The molecule has 0 aliphatic carbocycles. The molecular weight excluding hydrogens is 545 g/mol. The van der Waals surface area contributed by atoms with Gasteiger partial charge in [-0.25, -0.2) is 0 Å². The number of hydrogen-bond donors (Lipinski definition) is 0. The Morgan fingerprint density at radius 2 is 0.860 bits per heavy atom. The molecule has 1 nitrogen and oxygen atoms in total. The first-order valence-electron chi connectivity index (χ1n) is 14.0. The van der Waals surface area contributed by atoms with Crippen molar-refractivity contribution < 1.29 is 21.8 Å². The van der Waals surface area contributed by atoms with Crippen LogP contribution >= 0.6 is 0 Å². The van der Waals surface area contributed by atoms with Crippen molar-refractivity contribution in [2.24, 2.45) is 0 Å². The van der Waals surface area contributed by atoms with Crippen molar-refractivity contribution in [2.75, 3.05) is 0 Å². The van der Waals surface area contributed by atoms with Gasteiger partial charge >= 0.3 is 7.25 Å². The van der Waals surface area contributed by atoms with Gasteiger partial charge in [0, 0.05) is 34.4 Å². The third-order valence-corrected chi connectivity index (χ3v) is 7.34. The quantitative estimate of drug-likeness (QED) is 0.109. The topological polar surface area (TPSA) is 3.88 Å². The highest BCUT2D eigenvalue weighted by Crippen LogP contribution is 2.36. The Labute approximate surface area is 249 Å². The van der Waals surface area contributed by atoms with Crippen LogP contribution in [0, 0.1) is 13.8 Å². The SMILES string of the molecule is Cc1c(-c2ccccc2)cccc1-[n+]1c(-c2ccccc2)cc(-c2ccccc2)c(C)c1-c1ccccc1.F[B-](F)(F)F. The minimum absolute atomic E-state index is 1.17. The maximum atomic E-state index is 9.75. The molecule has 0 radical (unpaired) electrons. The van der Waals surface area contributed by atoms with Crippen LogP contribution < -0.4 is 4.57 Å². The van der Waals surface area contributed by atoms with Gasteiger partial charge in [-0.1, -0.05) is 109 Å². The summed E-state index contributed by atoms with van der Waals surface area (Å²) in [5, 5.41) is 0. The van der Waals surface area contributed by atoms with E-state index in [1.54, 1.807) is 0 Å². The van der Waals surface area contributed by atoms with Crippen molar-refractivity contribution in [2.45, 2.75) is 13.8 Å². The molecule has 214 valence electrons. The fourth-order valence-corrected chi connectivity index (χ4v) is 5.45. The van der Waals surface area contributed by atoms with Gasteiger partial charge in [-0.3, -0.25) is 0 Å². The molecule has 6 aromatic rings. The van der Waals surface area contributed by atoms with Gasteiger partial charge in [-0.2, -0.15) is 4.57 Å². The summed E-state index contributed by atoms with van der Waals surface area (Å²) in [7, 11) is -6.00. The first-order valence-corrected chi connectivity index (χ1v) is 14.0. The summed E-state index contributed by atoms with van der Waals surface area (Å²) < 4.78 is 41.5. The van der Waals surface area contributed by atoms with Gasteiger partial charge in [0.05, 0.1) is 0 Å². The second-order valence-corrected chi connectivity index (χ2v) is 10.2. The smallest absolute Gasteiger partial charge is 0.418 e. The number of aromatic nitrogens is 1. The van der Waals surface area contributed by atoms with E-state index >= 15 is 0 Å². The van der Waals surface area contributed by atoms with Crippen LogP contribution in [0.25, 0.3) is 50.5 Å². The first kappa shape index (κ1) is 29.5. The molecule has 0 bridgehead atoms. The summed E-state index contributed by atoms with van der Waals surface area (Å²) in [6, 6.07) is 52.0. The lowest BCUT2D eigenvalue weighted by Gasteiger charge is -2.18. The van der Waals surface area contributed by atoms with Crippen LogP contribution in [0.5, 0.6) is 0 Å². The monoisotopic (exact) mass is 575 g/mol. The number of rotatable bonds is 5. The molecule has 0 amide bonds. The predicted molar refractivity (Wildman–Crippen MR) is 169 cm³/mol. The fourth-order valence-electron chi connectivity index (χ4n) is 5.45. The number of hydrogen-bond acceptors (Lipinski definition) is 0. The molecule has 0 aliphatic heterocycles. The summed E-state index contributed by atoms with van der Waals surface area (Å²) in [5.41, 5.74) is 13.4. The molecule has 0 N–H and O–H groups in total. The third-order valence-electron chi connectivity index (χ3n) is 7.34. The van der Waals surface area contributed by atoms with Crippen LogP contribution in [-0.4, -0.2) is 7.25 Å². The van der Waals surface area contributed by atoms with Gasteiger partial charge in [0.15, 0.2) is 0 Å². The van der Waals surface area contributed by atoms with E-state index in [4.69, 9.17) is 0 Å². The Bertz CT molecular complexity index is 1800. The van der Waals surface area contributed by atoms with Crippen molar-refractivity contribution in [1.29, 1.82) is 0 Å². The van der Waals surface area contributed by atoms with E-state index in [2.05, 4.69) is 164 Å². The minimum Gasteiger partial charge on any atom is -0.418 e. The Hall–Kier alpha value is -4.97. The van der Waals surface area contributed by atoms with Gasteiger partial charge in [0.25, 0.3) is 0 Å². The summed E-state index contributed by atoms with van der Waals surface area (Å²) in [6.45, 7) is 4.50. The predicted octanol–water partition coefficient (Wildman–Crippen LogP) is 10.5. The van der Waals surface area contributed by atoms with Crippen LogP contribution in [0.3, 0.4) is 0 Å². The highest BCUT2D eigenvalue weighted by molar-refractivity contribution is 6.50. The van der Waals surface area contributed by atoms with Crippen LogP contribution in [0.1, 0.15) is 11.1 Å². The lowest BCUT2D eigenvalue weighted by atomic mass is 9.92. The van der Waals surface area contributed by atoms with Crippen LogP contribution in [0.4, 0.5) is 17.3 Å². The maximum Gasteiger partial charge on any atom is 0.673 e. The normalized spacial score (nSPS) is 11.0. The zero-order valence-corrected chi connectivity index (χ0v) is 23.9. The number of nitrogens with zero attached hydrogens (tertiary/aromatic N) is 1. The molecule has 0 aliphatic rings. The Kier molecular flexibility index (Phi) is 8.86. The van der Waals surface area contributed by atoms with Gasteiger partial charge in [0.2, 0.25) is 17.1 Å². The molecule has 43 heavy (non-hydrogen) atoms. The zero-order chi connectivity index (χ0) is 30.4. The van der Waals surface area contributed by atoms with Crippen molar-refractivity contribution in [3.63, 3.8) is 0 Å². The molecule has 0 unspecified atom stereocenters. The highest BCUT2D eigenvalue weighted by Gasteiger charge is 2.29. The molecule has 0 spiro atoms. The lowest BCUT2D eigenvalue weighted by molar-refractivity contribution is -0.572. The lowest BCUT2D eigenvalue weighted by Crippen LogP contribution is -2.38. The molecule has 6 heteroatoms. The van der Waals surface area contributed by atoms with Gasteiger partial charge in [-0.05, 0) is 60.4 Å². The second-order valence-electron chi connectivity index (χ2n) is 10.2.